The molecular weight excluding hydrogens is 226 g/mol. The van der Waals surface area contributed by atoms with Gasteiger partial charge in [0.25, 0.3) is 5.91 Å². The summed E-state index contributed by atoms with van der Waals surface area (Å²) in [4.78, 5) is 12.0. The Kier molecular flexibility index (Phi) is 2.02. The van der Waals surface area contributed by atoms with Gasteiger partial charge in [0.2, 0.25) is 0 Å². The molecule has 1 heterocycles. The topological polar surface area (TPSA) is 20.3 Å². The number of anilines is 1. The molecular formula is C10H7F4NO. The van der Waals surface area contributed by atoms with Crippen molar-refractivity contribution >= 4 is 11.6 Å². The fraction of sp³-hybridized carbons (Fsp3) is 0.300. The fourth-order valence-corrected chi connectivity index (χ4v) is 1.79. The number of hydrogen-bond donors (Lipinski definition) is 0. The van der Waals surface area contributed by atoms with Crippen LogP contribution in [0.1, 0.15) is 5.56 Å². The molecule has 0 saturated heterocycles. The van der Waals surface area contributed by atoms with Gasteiger partial charge < -0.3 is 4.90 Å². The van der Waals surface area contributed by atoms with Gasteiger partial charge >= 0.3 is 11.8 Å². The Labute approximate surface area is 88.5 Å². The summed E-state index contributed by atoms with van der Waals surface area (Å²) >= 11 is 0. The van der Waals surface area contributed by atoms with E-state index in [0.29, 0.717) is 4.90 Å². The lowest BCUT2D eigenvalue weighted by molar-refractivity contribution is -0.227. The van der Waals surface area contributed by atoms with Crippen molar-refractivity contribution in [3.05, 3.63) is 29.8 Å². The molecule has 0 aromatic heterocycles. The smallest absolute Gasteiger partial charge is 0.312 e. The van der Waals surface area contributed by atoms with Crippen LogP contribution in [0.15, 0.2) is 24.3 Å². The van der Waals surface area contributed by atoms with Crippen LogP contribution in [0.2, 0.25) is 0 Å². The highest BCUT2D eigenvalue weighted by molar-refractivity contribution is 6.07. The van der Waals surface area contributed by atoms with Crippen molar-refractivity contribution in [2.75, 3.05) is 11.9 Å². The SMILES string of the molecule is CN1C(=O)C(F)(C(F)(F)F)c2ccccc21. The van der Waals surface area contributed by atoms with Gasteiger partial charge in [0.05, 0.1) is 5.69 Å². The lowest BCUT2D eigenvalue weighted by Crippen LogP contribution is -2.46. The molecule has 1 aromatic rings. The summed E-state index contributed by atoms with van der Waals surface area (Å²) in [7, 11) is 1.12. The molecule has 1 aliphatic heterocycles. The number of alkyl halides is 4. The quantitative estimate of drug-likeness (QED) is 0.630. The Morgan fingerprint density at radius 2 is 1.81 bits per heavy atom. The molecule has 2 rings (SSSR count). The normalized spacial score (nSPS) is 24.8. The summed E-state index contributed by atoms with van der Waals surface area (Å²) in [6.07, 6.45) is -5.25. The highest BCUT2D eigenvalue weighted by Crippen LogP contribution is 2.51. The van der Waals surface area contributed by atoms with Gasteiger partial charge in [-0.1, -0.05) is 18.2 Å². The van der Waals surface area contributed by atoms with E-state index in [0.717, 1.165) is 13.1 Å². The van der Waals surface area contributed by atoms with Crippen molar-refractivity contribution in [3.8, 4) is 0 Å². The Hall–Kier alpha value is -1.59. The van der Waals surface area contributed by atoms with E-state index >= 15 is 0 Å². The first-order chi connectivity index (χ1) is 7.30. The van der Waals surface area contributed by atoms with Crippen LogP contribution in [-0.4, -0.2) is 19.1 Å². The molecule has 0 radical (unpaired) electrons. The van der Waals surface area contributed by atoms with Gasteiger partial charge in [-0.05, 0) is 6.07 Å². The maximum atomic E-state index is 13.9. The second-order valence-corrected chi connectivity index (χ2v) is 3.54. The van der Waals surface area contributed by atoms with Crippen LogP contribution in [0.3, 0.4) is 0 Å². The number of rotatable bonds is 0. The highest BCUT2D eigenvalue weighted by Gasteiger charge is 2.68. The minimum absolute atomic E-state index is 0.0488. The number of benzene rings is 1. The zero-order valence-electron chi connectivity index (χ0n) is 8.18. The van der Waals surface area contributed by atoms with Gasteiger partial charge in [-0.25, -0.2) is 4.39 Å². The third-order valence-corrected chi connectivity index (χ3v) is 2.63. The number of fused-ring (bicyclic) bond motifs is 1. The summed E-state index contributed by atoms with van der Waals surface area (Å²) in [5.41, 5.74) is -4.61. The molecule has 0 bridgehead atoms. The number of nitrogens with zero attached hydrogens (tertiary/aromatic N) is 1. The molecule has 1 amide bonds. The zero-order valence-corrected chi connectivity index (χ0v) is 8.18. The standard InChI is InChI=1S/C10H7F4NO/c1-15-7-5-3-2-4-6(7)9(11,8(15)16)10(12,13)14/h2-5H,1H3. The average Bonchev–Trinajstić information content (AvgIpc) is 2.42. The molecule has 2 nitrogen and oxygen atoms in total. The Morgan fingerprint density at radius 3 is 2.38 bits per heavy atom. The molecule has 1 aromatic carbocycles. The first-order valence-corrected chi connectivity index (χ1v) is 4.43. The lowest BCUT2D eigenvalue weighted by Gasteiger charge is -2.21. The maximum absolute atomic E-state index is 13.9. The van der Waals surface area contributed by atoms with E-state index in [1.54, 1.807) is 0 Å². The van der Waals surface area contributed by atoms with E-state index in [1.807, 2.05) is 0 Å². The summed E-state index contributed by atoms with van der Waals surface area (Å²) in [6, 6.07) is 4.97. The van der Waals surface area contributed by atoms with E-state index in [-0.39, 0.29) is 5.69 Å². The average molecular weight is 233 g/mol. The molecule has 16 heavy (non-hydrogen) atoms. The van der Waals surface area contributed by atoms with Crippen molar-refractivity contribution in [2.45, 2.75) is 11.8 Å². The van der Waals surface area contributed by atoms with Crippen molar-refractivity contribution in [3.63, 3.8) is 0 Å². The van der Waals surface area contributed by atoms with Crippen molar-refractivity contribution in [1.82, 2.24) is 0 Å². The second kappa shape index (κ2) is 2.96. The zero-order chi connectivity index (χ0) is 12.1. The number of carbonyl (C=O) groups is 1. The molecule has 1 aliphatic rings. The van der Waals surface area contributed by atoms with E-state index in [9.17, 15) is 22.4 Å². The van der Waals surface area contributed by atoms with Gasteiger partial charge in [-0.2, -0.15) is 13.2 Å². The van der Waals surface area contributed by atoms with Crippen LogP contribution in [0, 0.1) is 0 Å². The molecule has 0 spiro atoms. The second-order valence-electron chi connectivity index (χ2n) is 3.54. The van der Waals surface area contributed by atoms with Crippen LogP contribution < -0.4 is 4.90 Å². The molecule has 6 heteroatoms. The van der Waals surface area contributed by atoms with E-state index in [2.05, 4.69) is 0 Å². The Morgan fingerprint density at radius 1 is 1.25 bits per heavy atom. The molecule has 86 valence electrons. The summed E-state index contributed by atoms with van der Waals surface area (Å²) in [6.45, 7) is 0. The van der Waals surface area contributed by atoms with Gasteiger partial charge in [-0.15, -0.1) is 0 Å². The van der Waals surface area contributed by atoms with Crippen LogP contribution in [-0.2, 0) is 10.5 Å². The lowest BCUT2D eigenvalue weighted by atomic mass is 9.97. The molecule has 0 fully saturated rings. The van der Waals surface area contributed by atoms with Crippen molar-refractivity contribution < 1.29 is 22.4 Å². The Bertz CT molecular complexity index is 456. The van der Waals surface area contributed by atoms with Crippen LogP contribution in [0.25, 0.3) is 0 Å². The van der Waals surface area contributed by atoms with Crippen LogP contribution in [0.5, 0.6) is 0 Å². The minimum atomic E-state index is -5.25. The van der Waals surface area contributed by atoms with Crippen molar-refractivity contribution in [1.29, 1.82) is 0 Å². The number of halogens is 4. The first kappa shape index (κ1) is 10.9. The number of hydrogen-bond acceptors (Lipinski definition) is 1. The fourth-order valence-electron chi connectivity index (χ4n) is 1.79. The largest absolute Gasteiger partial charge is 0.436 e. The maximum Gasteiger partial charge on any atom is 0.436 e. The first-order valence-electron chi connectivity index (χ1n) is 4.43. The van der Waals surface area contributed by atoms with E-state index < -0.39 is 23.3 Å². The summed E-state index contributed by atoms with van der Waals surface area (Å²) in [5, 5.41) is 0. The minimum Gasteiger partial charge on any atom is -0.312 e. The predicted octanol–water partition coefficient (Wildman–Crippen LogP) is 2.39. The predicted molar refractivity (Wildman–Crippen MR) is 48.7 cm³/mol. The van der Waals surface area contributed by atoms with Gasteiger partial charge in [0.1, 0.15) is 0 Å². The van der Waals surface area contributed by atoms with Gasteiger partial charge in [0, 0.05) is 12.6 Å². The monoisotopic (exact) mass is 233 g/mol. The third-order valence-electron chi connectivity index (χ3n) is 2.63. The van der Waals surface area contributed by atoms with E-state index in [4.69, 9.17) is 0 Å². The highest BCUT2D eigenvalue weighted by atomic mass is 19.4. The molecule has 0 saturated carbocycles. The summed E-state index contributed by atoms with van der Waals surface area (Å²) in [5.74, 6) is -1.60. The number of para-hydroxylation sites is 1. The van der Waals surface area contributed by atoms with Crippen LogP contribution in [0.4, 0.5) is 23.2 Å². The number of likely N-dealkylation sites (N-methyl/N-ethyl adjacent to an activating group) is 1. The molecule has 0 N–H and O–H groups in total. The third kappa shape index (κ3) is 1.10. The number of carbonyl (C=O) groups excluding carboxylic acids is 1. The number of amides is 1. The Balaban J connectivity index is 2.71. The van der Waals surface area contributed by atoms with Crippen molar-refractivity contribution in [2.24, 2.45) is 0 Å². The van der Waals surface area contributed by atoms with Crippen LogP contribution >= 0.6 is 0 Å². The molecule has 1 unspecified atom stereocenters. The molecule has 0 aliphatic carbocycles. The van der Waals surface area contributed by atoms with E-state index in [1.165, 1.54) is 18.2 Å². The summed E-state index contributed by atoms with van der Waals surface area (Å²) < 4.78 is 51.8. The van der Waals surface area contributed by atoms with Gasteiger partial charge in [0.15, 0.2) is 0 Å². The van der Waals surface area contributed by atoms with Gasteiger partial charge in [-0.3, -0.25) is 4.79 Å². The molecule has 1 atom stereocenters.